The summed E-state index contributed by atoms with van der Waals surface area (Å²) in [7, 11) is 0. The van der Waals surface area contributed by atoms with E-state index in [4.69, 9.17) is 4.74 Å². The minimum absolute atomic E-state index is 0.0234. The second-order valence-corrected chi connectivity index (χ2v) is 3.51. The molecule has 74 valence electrons. The maximum Gasteiger partial charge on any atom is 0.196 e. The summed E-state index contributed by atoms with van der Waals surface area (Å²) < 4.78 is 5.31. The number of aromatic nitrogens is 1. The van der Waals surface area contributed by atoms with Crippen molar-refractivity contribution in [1.82, 2.24) is 4.98 Å². The minimum Gasteiger partial charge on any atom is -0.485 e. The molecule has 3 rings (SSSR count). The van der Waals surface area contributed by atoms with Crippen molar-refractivity contribution in [1.29, 1.82) is 0 Å². The Labute approximate surface area is 86.4 Å². The van der Waals surface area contributed by atoms with Crippen LogP contribution in [0.1, 0.15) is 5.56 Å². The summed E-state index contributed by atoms with van der Waals surface area (Å²) in [4.78, 5) is 14.2. The van der Waals surface area contributed by atoms with Crippen molar-refractivity contribution in [2.24, 2.45) is 0 Å². The molecule has 1 aliphatic heterocycles. The van der Waals surface area contributed by atoms with Gasteiger partial charge in [0.25, 0.3) is 0 Å². The van der Waals surface area contributed by atoms with Gasteiger partial charge in [-0.1, -0.05) is 18.2 Å². The van der Waals surface area contributed by atoms with Crippen LogP contribution in [-0.2, 0) is 9.53 Å². The van der Waals surface area contributed by atoms with E-state index in [0.29, 0.717) is 5.76 Å². The molecule has 0 saturated heterocycles. The van der Waals surface area contributed by atoms with Gasteiger partial charge in [-0.15, -0.1) is 0 Å². The lowest BCUT2D eigenvalue weighted by atomic mass is 10.1. The topological polar surface area (TPSA) is 42.1 Å². The SMILES string of the molecule is O=C1C=C(c2c[nH]c3ccccc23)OC1. The summed E-state index contributed by atoms with van der Waals surface area (Å²) in [6, 6.07) is 7.94. The molecule has 0 atom stereocenters. The van der Waals surface area contributed by atoms with Gasteiger partial charge in [-0.3, -0.25) is 4.79 Å². The first kappa shape index (κ1) is 8.29. The molecule has 0 unspecified atom stereocenters. The quantitative estimate of drug-likeness (QED) is 0.764. The first-order valence-electron chi connectivity index (χ1n) is 4.78. The molecule has 1 aromatic heterocycles. The molecule has 0 aliphatic carbocycles. The van der Waals surface area contributed by atoms with Crippen LogP contribution in [0.3, 0.4) is 0 Å². The number of H-pyrrole nitrogens is 1. The molecular formula is C12H9NO2. The largest absolute Gasteiger partial charge is 0.485 e. The van der Waals surface area contributed by atoms with E-state index in [1.165, 1.54) is 0 Å². The Balaban J connectivity index is 2.19. The lowest BCUT2D eigenvalue weighted by Crippen LogP contribution is -1.92. The number of aromatic amines is 1. The van der Waals surface area contributed by atoms with Gasteiger partial charge in [0.05, 0.1) is 0 Å². The third-order valence-electron chi connectivity index (χ3n) is 2.52. The number of benzene rings is 1. The highest BCUT2D eigenvalue weighted by Gasteiger charge is 2.17. The number of hydrogen-bond acceptors (Lipinski definition) is 2. The molecule has 1 aromatic carbocycles. The Bertz CT molecular complexity index is 566. The molecule has 0 saturated carbocycles. The Hall–Kier alpha value is -2.03. The molecule has 1 aliphatic rings. The van der Waals surface area contributed by atoms with Crippen LogP contribution >= 0.6 is 0 Å². The molecule has 2 heterocycles. The minimum atomic E-state index is 0.0234. The maximum atomic E-state index is 11.1. The molecule has 3 nitrogen and oxygen atoms in total. The molecule has 0 fully saturated rings. The highest BCUT2D eigenvalue weighted by atomic mass is 16.5. The average Bonchev–Trinajstić information content (AvgIpc) is 2.83. The van der Waals surface area contributed by atoms with Crippen molar-refractivity contribution in [2.45, 2.75) is 0 Å². The number of ketones is 1. The van der Waals surface area contributed by atoms with Gasteiger partial charge >= 0.3 is 0 Å². The van der Waals surface area contributed by atoms with Gasteiger partial charge in [-0.2, -0.15) is 0 Å². The first-order valence-corrected chi connectivity index (χ1v) is 4.78. The molecule has 0 bridgehead atoms. The highest BCUT2D eigenvalue weighted by molar-refractivity contribution is 6.03. The Morgan fingerprint density at radius 1 is 1.27 bits per heavy atom. The summed E-state index contributed by atoms with van der Waals surface area (Å²) in [6.45, 7) is 0.162. The zero-order chi connectivity index (χ0) is 10.3. The fraction of sp³-hybridized carbons (Fsp3) is 0.0833. The molecule has 15 heavy (non-hydrogen) atoms. The standard InChI is InChI=1S/C12H9NO2/c14-8-5-12(15-7-8)10-6-13-11-4-2-1-3-9(10)11/h1-6,13H,7H2. The van der Waals surface area contributed by atoms with Crippen molar-refractivity contribution in [3.63, 3.8) is 0 Å². The molecule has 3 heteroatoms. The van der Waals surface area contributed by atoms with Crippen molar-refractivity contribution in [3.8, 4) is 0 Å². The number of carbonyl (C=O) groups excluding carboxylic acids is 1. The Morgan fingerprint density at radius 3 is 2.93 bits per heavy atom. The lowest BCUT2D eigenvalue weighted by Gasteiger charge is -1.99. The third kappa shape index (κ3) is 1.24. The van der Waals surface area contributed by atoms with Gasteiger partial charge in [0, 0.05) is 28.7 Å². The maximum absolute atomic E-state index is 11.1. The number of fused-ring (bicyclic) bond motifs is 1. The number of nitrogens with one attached hydrogen (secondary N) is 1. The van der Waals surface area contributed by atoms with Crippen LogP contribution in [0, 0.1) is 0 Å². The molecule has 0 spiro atoms. The highest BCUT2D eigenvalue weighted by Crippen LogP contribution is 2.27. The van der Waals surface area contributed by atoms with Crippen LogP contribution in [0.15, 0.2) is 36.5 Å². The van der Waals surface area contributed by atoms with Crippen LogP contribution in [0.25, 0.3) is 16.7 Å². The van der Waals surface area contributed by atoms with E-state index in [2.05, 4.69) is 4.98 Å². The fourth-order valence-corrected chi connectivity index (χ4v) is 1.81. The fourth-order valence-electron chi connectivity index (χ4n) is 1.81. The summed E-state index contributed by atoms with van der Waals surface area (Å²) in [6.07, 6.45) is 3.42. The third-order valence-corrected chi connectivity index (χ3v) is 2.52. The number of hydrogen-bond donors (Lipinski definition) is 1. The molecule has 1 N–H and O–H groups in total. The number of para-hydroxylation sites is 1. The van der Waals surface area contributed by atoms with Crippen molar-refractivity contribution >= 4 is 22.4 Å². The van der Waals surface area contributed by atoms with Crippen molar-refractivity contribution in [3.05, 3.63) is 42.1 Å². The van der Waals surface area contributed by atoms with Gasteiger partial charge in [0.2, 0.25) is 0 Å². The second kappa shape index (κ2) is 2.98. The smallest absolute Gasteiger partial charge is 0.196 e. The number of ether oxygens (including phenoxy) is 1. The summed E-state index contributed by atoms with van der Waals surface area (Å²) in [5, 5.41) is 1.08. The monoisotopic (exact) mass is 199 g/mol. The van der Waals surface area contributed by atoms with Gasteiger partial charge in [-0.25, -0.2) is 0 Å². The van der Waals surface area contributed by atoms with Crippen LogP contribution in [-0.4, -0.2) is 17.4 Å². The van der Waals surface area contributed by atoms with E-state index in [1.807, 2.05) is 30.5 Å². The number of rotatable bonds is 1. The van der Waals surface area contributed by atoms with E-state index in [-0.39, 0.29) is 12.4 Å². The molecule has 0 radical (unpaired) electrons. The van der Waals surface area contributed by atoms with Gasteiger partial charge in [0.15, 0.2) is 12.4 Å². The van der Waals surface area contributed by atoms with Crippen LogP contribution in [0.4, 0.5) is 0 Å². The molecule has 0 amide bonds. The van der Waals surface area contributed by atoms with E-state index in [9.17, 15) is 4.79 Å². The van der Waals surface area contributed by atoms with E-state index in [0.717, 1.165) is 16.5 Å². The second-order valence-electron chi connectivity index (χ2n) is 3.51. The van der Waals surface area contributed by atoms with E-state index >= 15 is 0 Å². The van der Waals surface area contributed by atoms with E-state index < -0.39 is 0 Å². The summed E-state index contributed by atoms with van der Waals surface area (Å²) in [5.74, 6) is 0.688. The van der Waals surface area contributed by atoms with Gasteiger partial charge < -0.3 is 9.72 Å². The first-order chi connectivity index (χ1) is 7.34. The summed E-state index contributed by atoms with van der Waals surface area (Å²) >= 11 is 0. The molecule has 2 aromatic rings. The van der Waals surface area contributed by atoms with Crippen LogP contribution < -0.4 is 0 Å². The lowest BCUT2D eigenvalue weighted by molar-refractivity contribution is -0.115. The van der Waals surface area contributed by atoms with Crippen molar-refractivity contribution < 1.29 is 9.53 Å². The Morgan fingerprint density at radius 2 is 2.13 bits per heavy atom. The number of carbonyl (C=O) groups is 1. The summed E-state index contributed by atoms with van der Waals surface area (Å²) in [5.41, 5.74) is 2.01. The average molecular weight is 199 g/mol. The molecular weight excluding hydrogens is 190 g/mol. The van der Waals surface area contributed by atoms with Gasteiger partial charge in [-0.05, 0) is 6.07 Å². The predicted molar refractivity (Wildman–Crippen MR) is 57.2 cm³/mol. The van der Waals surface area contributed by atoms with E-state index in [1.54, 1.807) is 6.08 Å². The predicted octanol–water partition coefficient (Wildman–Crippen LogP) is 2.11. The normalized spacial score (nSPS) is 15.5. The van der Waals surface area contributed by atoms with Crippen LogP contribution in [0.2, 0.25) is 0 Å². The van der Waals surface area contributed by atoms with Gasteiger partial charge in [0.1, 0.15) is 5.76 Å². The zero-order valence-corrected chi connectivity index (χ0v) is 7.99. The Kier molecular flexibility index (Phi) is 1.65. The van der Waals surface area contributed by atoms with Crippen molar-refractivity contribution in [2.75, 3.05) is 6.61 Å². The van der Waals surface area contributed by atoms with Crippen LogP contribution in [0.5, 0.6) is 0 Å². The zero-order valence-electron chi connectivity index (χ0n) is 7.99.